The molecule has 0 unspecified atom stereocenters. The summed E-state index contributed by atoms with van der Waals surface area (Å²) in [5.41, 5.74) is 1.57. The summed E-state index contributed by atoms with van der Waals surface area (Å²) in [7, 11) is 0. The van der Waals surface area contributed by atoms with Crippen molar-refractivity contribution >= 4 is 22.6 Å². The summed E-state index contributed by atoms with van der Waals surface area (Å²) in [6, 6.07) is 0. The first-order chi connectivity index (χ1) is 5.86. The molecule has 0 amide bonds. The lowest BCUT2D eigenvalue weighted by Crippen LogP contribution is -1.91. The van der Waals surface area contributed by atoms with Crippen LogP contribution in [0.2, 0.25) is 0 Å². The minimum Gasteiger partial charge on any atom is -0.296 e. The Morgan fingerprint density at radius 2 is 2.58 bits per heavy atom. The van der Waals surface area contributed by atoms with Crippen molar-refractivity contribution < 1.29 is 4.79 Å². The van der Waals surface area contributed by atoms with E-state index in [1.807, 2.05) is 22.9 Å². The smallest absolute Gasteiger partial charge is 0.194 e. The van der Waals surface area contributed by atoms with E-state index in [0.717, 1.165) is 23.4 Å². The minimum atomic E-state index is 0.689. The van der Waals surface area contributed by atoms with Crippen molar-refractivity contribution in [1.29, 1.82) is 0 Å². The van der Waals surface area contributed by atoms with E-state index < -0.39 is 0 Å². The van der Waals surface area contributed by atoms with Gasteiger partial charge in [0, 0.05) is 11.6 Å². The van der Waals surface area contributed by atoms with Gasteiger partial charge in [-0.2, -0.15) is 0 Å². The lowest BCUT2D eigenvalue weighted by Gasteiger charge is -1.89. The highest BCUT2D eigenvalue weighted by atomic mass is 32.1. The summed E-state index contributed by atoms with van der Waals surface area (Å²) in [6.45, 7) is 2.00. The molecule has 0 atom stereocenters. The number of carbonyl (C=O) groups excluding carboxylic acids is 1. The van der Waals surface area contributed by atoms with E-state index in [2.05, 4.69) is 4.98 Å². The van der Waals surface area contributed by atoms with E-state index in [1.165, 1.54) is 0 Å². The summed E-state index contributed by atoms with van der Waals surface area (Å²) in [5, 5.41) is 1.93. The zero-order chi connectivity index (χ0) is 8.55. The van der Waals surface area contributed by atoms with Gasteiger partial charge in [-0.1, -0.05) is 6.92 Å². The number of rotatable bonds is 2. The molecular formula is C8H8N2OS. The molecule has 2 heterocycles. The van der Waals surface area contributed by atoms with Gasteiger partial charge in [0.25, 0.3) is 0 Å². The third kappa shape index (κ3) is 0.881. The third-order valence-electron chi connectivity index (χ3n) is 1.82. The molecule has 0 saturated heterocycles. The number of carbonyl (C=O) groups is 1. The fourth-order valence-electron chi connectivity index (χ4n) is 1.23. The Morgan fingerprint density at radius 3 is 3.25 bits per heavy atom. The summed E-state index contributed by atoms with van der Waals surface area (Å²) in [6.07, 6.45) is 3.55. The highest BCUT2D eigenvalue weighted by Gasteiger charge is 2.09. The van der Waals surface area contributed by atoms with Gasteiger partial charge >= 0.3 is 0 Å². The second-order valence-corrected chi connectivity index (χ2v) is 3.34. The molecular weight excluding hydrogens is 172 g/mol. The molecule has 0 N–H and O–H groups in total. The van der Waals surface area contributed by atoms with Crippen molar-refractivity contribution in [2.75, 3.05) is 0 Å². The standard InChI is InChI=1S/C8H8N2OS/c1-2-6-7(5-11)10-3-4-12-8(10)9-6/h3-5H,2H2,1H3. The second kappa shape index (κ2) is 2.71. The van der Waals surface area contributed by atoms with Crippen LogP contribution >= 0.6 is 11.3 Å². The first-order valence-corrected chi connectivity index (χ1v) is 4.64. The van der Waals surface area contributed by atoms with Crippen LogP contribution in [0.25, 0.3) is 4.96 Å². The molecule has 0 bridgehead atoms. The second-order valence-electron chi connectivity index (χ2n) is 2.47. The number of aryl methyl sites for hydroxylation is 1. The van der Waals surface area contributed by atoms with Gasteiger partial charge in [0.1, 0.15) is 5.69 Å². The molecule has 2 aromatic rings. The van der Waals surface area contributed by atoms with E-state index >= 15 is 0 Å². The highest BCUT2D eigenvalue weighted by molar-refractivity contribution is 7.15. The topological polar surface area (TPSA) is 34.4 Å². The maximum absolute atomic E-state index is 10.7. The molecule has 0 radical (unpaired) electrons. The van der Waals surface area contributed by atoms with Gasteiger partial charge in [0.2, 0.25) is 0 Å². The Balaban J connectivity index is 2.78. The first kappa shape index (κ1) is 7.49. The van der Waals surface area contributed by atoms with Crippen LogP contribution in [0.5, 0.6) is 0 Å². The zero-order valence-corrected chi connectivity index (χ0v) is 7.47. The average Bonchev–Trinajstić information content (AvgIpc) is 2.61. The van der Waals surface area contributed by atoms with Gasteiger partial charge in [0.15, 0.2) is 11.2 Å². The molecule has 2 aromatic heterocycles. The molecule has 2 rings (SSSR count). The largest absolute Gasteiger partial charge is 0.296 e. The number of imidazole rings is 1. The molecule has 3 nitrogen and oxygen atoms in total. The van der Waals surface area contributed by atoms with Crippen LogP contribution in [-0.2, 0) is 6.42 Å². The summed E-state index contributed by atoms with van der Waals surface area (Å²) < 4.78 is 1.83. The Morgan fingerprint density at radius 1 is 1.75 bits per heavy atom. The molecule has 12 heavy (non-hydrogen) atoms. The number of hydrogen-bond acceptors (Lipinski definition) is 3. The molecule has 0 aliphatic heterocycles. The van der Waals surface area contributed by atoms with Gasteiger partial charge in [-0.05, 0) is 6.42 Å². The Kier molecular flexibility index (Phi) is 1.69. The first-order valence-electron chi connectivity index (χ1n) is 3.76. The van der Waals surface area contributed by atoms with Crippen LogP contribution < -0.4 is 0 Å². The Labute approximate surface area is 73.7 Å². The Bertz CT molecular complexity index is 416. The minimum absolute atomic E-state index is 0.689. The number of nitrogens with zero attached hydrogens (tertiary/aromatic N) is 2. The normalized spacial score (nSPS) is 10.8. The van der Waals surface area contributed by atoms with E-state index in [1.54, 1.807) is 11.3 Å². The molecule has 0 aromatic carbocycles. The van der Waals surface area contributed by atoms with Gasteiger partial charge in [-0.3, -0.25) is 9.20 Å². The van der Waals surface area contributed by atoms with Crippen molar-refractivity contribution in [2.45, 2.75) is 13.3 Å². The van der Waals surface area contributed by atoms with Gasteiger partial charge in [-0.25, -0.2) is 4.98 Å². The molecule has 0 aliphatic rings. The van der Waals surface area contributed by atoms with Crippen molar-refractivity contribution in [3.63, 3.8) is 0 Å². The number of thiazole rings is 1. The average molecular weight is 180 g/mol. The van der Waals surface area contributed by atoms with Crippen LogP contribution in [0.15, 0.2) is 11.6 Å². The SMILES string of the molecule is CCc1nc2sccn2c1C=O. The van der Waals surface area contributed by atoms with Crippen molar-refractivity contribution in [2.24, 2.45) is 0 Å². The fourth-order valence-corrected chi connectivity index (χ4v) is 1.97. The summed E-state index contributed by atoms with van der Waals surface area (Å²) >= 11 is 1.55. The van der Waals surface area contributed by atoms with Gasteiger partial charge in [-0.15, -0.1) is 11.3 Å². The fraction of sp³-hybridized carbons (Fsp3) is 0.250. The van der Waals surface area contributed by atoms with Crippen molar-refractivity contribution in [3.05, 3.63) is 23.0 Å². The van der Waals surface area contributed by atoms with Crippen LogP contribution in [-0.4, -0.2) is 15.7 Å². The lowest BCUT2D eigenvalue weighted by atomic mass is 10.3. The highest BCUT2D eigenvalue weighted by Crippen LogP contribution is 2.15. The summed E-state index contributed by atoms with van der Waals surface area (Å²) in [4.78, 5) is 15.9. The van der Waals surface area contributed by atoms with E-state index in [-0.39, 0.29) is 0 Å². The molecule has 0 saturated carbocycles. The monoisotopic (exact) mass is 180 g/mol. The number of fused-ring (bicyclic) bond motifs is 1. The van der Waals surface area contributed by atoms with E-state index in [9.17, 15) is 4.79 Å². The molecule has 0 aliphatic carbocycles. The van der Waals surface area contributed by atoms with Gasteiger partial charge < -0.3 is 0 Å². The van der Waals surface area contributed by atoms with Crippen LogP contribution in [0.3, 0.4) is 0 Å². The third-order valence-corrected chi connectivity index (χ3v) is 2.58. The number of aromatic nitrogens is 2. The van der Waals surface area contributed by atoms with E-state index in [4.69, 9.17) is 0 Å². The predicted octanol–water partition coefficient (Wildman–Crippen LogP) is 1.77. The zero-order valence-electron chi connectivity index (χ0n) is 6.65. The molecule has 4 heteroatoms. The van der Waals surface area contributed by atoms with E-state index in [0.29, 0.717) is 5.69 Å². The maximum Gasteiger partial charge on any atom is 0.194 e. The Hall–Kier alpha value is -1.16. The lowest BCUT2D eigenvalue weighted by molar-refractivity contribution is 0.111. The summed E-state index contributed by atoms with van der Waals surface area (Å²) in [5.74, 6) is 0. The van der Waals surface area contributed by atoms with Crippen molar-refractivity contribution in [1.82, 2.24) is 9.38 Å². The number of hydrogen-bond donors (Lipinski definition) is 0. The van der Waals surface area contributed by atoms with Crippen LogP contribution in [0.4, 0.5) is 0 Å². The van der Waals surface area contributed by atoms with Crippen molar-refractivity contribution in [3.8, 4) is 0 Å². The van der Waals surface area contributed by atoms with Gasteiger partial charge in [0.05, 0.1) is 5.69 Å². The number of aldehydes is 1. The van der Waals surface area contributed by atoms with Crippen LogP contribution in [0.1, 0.15) is 23.1 Å². The van der Waals surface area contributed by atoms with Crippen LogP contribution in [0, 0.1) is 0 Å². The molecule has 0 fully saturated rings. The molecule has 62 valence electrons. The maximum atomic E-state index is 10.7. The predicted molar refractivity (Wildman–Crippen MR) is 47.8 cm³/mol. The molecule has 0 spiro atoms. The quantitative estimate of drug-likeness (QED) is 0.660.